The number of hydrogen-bond donors (Lipinski definition) is 3. The van der Waals surface area contributed by atoms with Gasteiger partial charge in [0.1, 0.15) is 0 Å². The Morgan fingerprint density at radius 2 is 1.20 bits per heavy atom. The summed E-state index contributed by atoms with van der Waals surface area (Å²) in [7, 11) is 0. The number of rotatable bonds is 14. The summed E-state index contributed by atoms with van der Waals surface area (Å²) in [5.74, 6) is 6.45. The predicted octanol–water partition coefficient (Wildman–Crippen LogP) is 5.49. The Bertz CT molecular complexity index is 431. The maximum Gasteiger partial charge on any atom is 0.00672 e. The van der Waals surface area contributed by atoms with Gasteiger partial charge in [-0.1, -0.05) is 25.7 Å². The van der Waals surface area contributed by atoms with Crippen molar-refractivity contribution in [3.8, 4) is 0 Å². The van der Waals surface area contributed by atoms with Crippen molar-refractivity contribution in [1.82, 2.24) is 10.6 Å². The summed E-state index contributed by atoms with van der Waals surface area (Å²) >= 11 is 0. The van der Waals surface area contributed by atoms with Crippen LogP contribution in [0.1, 0.15) is 103 Å². The van der Waals surface area contributed by atoms with Crippen LogP contribution in [0.25, 0.3) is 0 Å². The largest absolute Gasteiger partial charge is 0.330 e. The Morgan fingerprint density at radius 1 is 0.667 bits per heavy atom. The van der Waals surface area contributed by atoms with E-state index in [0.717, 1.165) is 67.6 Å². The zero-order valence-corrected chi connectivity index (χ0v) is 19.8. The number of hydrogen-bond acceptors (Lipinski definition) is 3. The molecule has 0 aromatic heterocycles. The molecule has 0 aliphatic heterocycles. The van der Waals surface area contributed by atoms with Crippen molar-refractivity contribution >= 4 is 0 Å². The Balaban J connectivity index is 1.19. The van der Waals surface area contributed by atoms with Gasteiger partial charge in [-0.2, -0.15) is 0 Å². The smallest absolute Gasteiger partial charge is 0.00672 e. The third-order valence-electron chi connectivity index (χ3n) is 9.68. The number of nitrogens with two attached hydrogens (primary N) is 1. The maximum absolute atomic E-state index is 5.59. The van der Waals surface area contributed by atoms with E-state index in [1.54, 1.807) is 64.2 Å². The van der Waals surface area contributed by atoms with E-state index in [9.17, 15) is 0 Å². The van der Waals surface area contributed by atoms with Gasteiger partial charge in [0.25, 0.3) is 0 Å². The van der Waals surface area contributed by atoms with Crippen LogP contribution >= 0.6 is 0 Å². The zero-order chi connectivity index (χ0) is 20.6. The van der Waals surface area contributed by atoms with Gasteiger partial charge in [0.2, 0.25) is 0 Å². The highest BCUT2D eigenvalue weighted by molar-refractivity contribution is 4.89. The van der Waals surface area contributed by atoms with Crippen molar-refractivity contribution in [2.75, 3.05) is 26.2 Å². The molecule has 6 rings (SSSR count). The summed E-state index contributed by atoms with van der Waals surface area (Å²) in [5, 5.41) is 7.56. The van der Waals surface area contributed by atoms with Crippen molar-refractivity contribution in [2.45, 2.75) is 109 Å². The summed E-state index contributed by atoms with van der Waals surface area (Å²) in [6, 6.07) is 0.773. The summed E-state index contributed by atoms with van der Waals surface area (Å²) in [4.78, 5) is 0. The minimum Gasteiger partial charge on any atom is -0.330 e. The van der Waals surface area contributed by atoms with Gasteiger partial charge in [-0.15, -0.1) is 0 Å². The molecule has 0 heterocycles. The van der Waals surface area contributed by atoms with Crippen LogP contribution in [0, 0.1) is 35.5 Å². The fourth-order valence-corrected chi connectivity index (χ4v) is 7.79. The first kappa shape index (κ1) is 23.1. The summed E-state index contributed by atoms with van der Waals surface area (Å²) in [6.45, 7) is 4.21. The molecule has 2 atom stereocenters. The number of nitrogens with one attached hydrogen (secondary N) is 2. The summed E-state index contributed by atoms with van der Waals surface area (Å²) in [5.41, 5.74) is 5.59. The molecule has 6 saturated carbocycles. The van der Waals surface area contributed by atoms with Crippen molar-refractivity contribution in [2.24, 2.45) is 41.2 Å². The lowest BCUT2D eigenvalue weighted by molar-refractivity contribution is 0.0819. The SMILES string of the molecule is NCCCNCCCNC(CCC1CC2CCC1CC2)CCC1CC2CCC1CC2. The standard InChI is InChI=1S/C27H51N3/c28-15-1-16-29-17-2-18-30-27(13-11-25-19-21-3-7-23(25)8-4-21)14-12-26-20-22-5-9-24(26)10-6-22/h21-27,29-30H,1-20,28H2. The van der Waals surface area contributed by atoms with Gasteiger partial charge in [0.15, 0.2) is 0 Å². The maximum atomic E-state index is 5.59. The van der Waals surface area contributed by atoms with Gasteiger partial charge in [0, 0.05) is 6.04 Å². The first-order valence-corrected chi connectivity index (χ1v) is 14.0. The highest BCUT2D eigenvalue weighted by Crippen LogP contribution is 2.48. The van der Waals surface area contributed by atoms with Crippen molar-refractivity contribution in [3.63, 3.8) is 0 Å². The molecule has 0 radical (unpaired) electrons. The first-order chi connectivity index (χ1) is 14.8. The minimum absolute atomic E-state index is 0.773. The van der Waals surface area contributed by atoms with E-state index in [0.29, 0.717) is 0 Å². The molecule has 2 unspecified atom stereocenters. The van der Waals surface area contributed by atoms with E-state index in [4.69, 9.17) is 5.73 Å². The monoisotopic (exact) mass is 417 g/mol. The Labute approximate surface area is 187 Å². The van der Waals surface area contributed by atoms with E-state index in [1.165, 1.54) is 38.6 Å². The molecule has 0 amide bonds. The van der Waals surface area contributed by atoms with Crippen LogP contribution < -0.4 is 16.4 Å². The molecular formula is C27H51N3. The second-order valence-corrected chi connectivity index (χ2v) is 11.6. The fourth-order valence-electron chi connectivity index (χ4n) is 7.79. The van der Waals surface area contributed by atoms with Gasteiger partial charge < -0.3 is 16.4 Å². The Morgan fingerprint density at radius 3 is 1.67 bits per heavy atom. The molecule has 6 aliphatic rings. The van der Waals surface area contributed by atoms with Crippen molar-refractivity contribution in [3.05, 3.63) is 0 Å². The van der Waals surface area contributed by atoms with Gasteiger partial charge in [0.05, 0.1) is 0 Å². The zero-order valence-electron chi connectivity index (χ0n) is 19.8. The first-order valence-electron chi connectivity index (χ1n) is 14.0. The second kappa shape index (κ2) is 12.2. The van der Waals surface area contributed by atoms with E-state index < -0.39 is 0 Å². The lowest BCUT2D eigenvalue weighted by Crippen LogP contribution is -2.36. The van der Waals surface area contributed by atoms with Crippen molar-refractivity contribution in [1.29, 1.82) is 0 Å². The van der Waals surface area contributed by atoms with E-state index in [1.807, 2.05) is 0 Å². The topological polar surface area (TPSA) is 50.1 Å². The molecule has 0 spiro atoms. The fraction of sp³-hybridized carbons (Fsp3) is 1.00. The molecule has 0 aromatic rings. The third kappa shape index (κ3) is 6.69. The second-order valence-electron chi connectivity index (χ2n) is 11.6. The quantitative estimate of drug-likeness (QED) is 0.328. The molecule has 6 fully saturated rings. The molecule has 4 N–H and O–H groups in total. The predicted molar refractivity (Wildman–Crippen MR) is 129 cm³/mol. The lowest BCUT2D eigenvalue weighted by Gasteiger charge is -2.44. The van der Waals surface area contributed by atoms with Gasteiger partial charge in [-0.25, -0.2) is 0 Å². The van der Waals surface area contributed by atoms with Crippen LogP contribution in [0.15, 0.2) is 0 Å². The van der Waals surface area contributed by atoms with Gasteiger partial charge >= 0.3 is 0 Å². The third-order valence-corrected chi connectivity index (χ3v) is 9.68. The average Bonchev–Trinajstić information content (AvgIpc) is 2.81. The number of fused-ring (bicyclic) bond motifs is 6. The highest BCUT2D eigenvalue weighted by Gasteiger charge is 2.37. The summed E-state index contributed by atoms with van der Waals surface area (Å²) < 4.78 is 0. The molecule has 0 saturated heterocycles. The molecule has 174 valence electrons. The van der Waals surface area contributed by atoms with E-state index >= 15 is 0 Å². The molecule has 30 heavy (non-hydrogen) atoms. The van der Waals surface area contributed by atoms with Gasteiger partial charge in [-0.05, 0) is 139 Å². The normalized spacial score (nSPS) is 36.3. The molecule has 6 aliphatic carbocycles. The lowest BCUT2D eigenvalue weighted by atomic mass is 9.63. The Hall–Kier alpha value is -0.120. The molecule has 0 aromatic carbocycles. The van der Waals surface area contributed by atoms with Crippen LogP contribution in [0.5, 0.6) is 0 Å². The summed E-state index contributed by atoms with van der Waals surface area (Å²) in [6.07, 6.45) is 23.7. The molecule has 3 nitrogen and oxygen atoms in total. The van der Waals surface area contributed by atoms with E-state index in [-0.39, 0.29) is 0 Å². The van der Waals surface area contributed by atoms with Crippen LogP contribution in [0.3, 0.4) is 0 Å². The van der Waals surface area contributed by atoms with Crippen LogP contribution in [-0.4, -0.2) is 32.2 Å². The van der Waals surface area contributed by atoms with E-state index in [2.05, 4.69) is 10.6 Å². The molecular weight excluding hydrogens is 366 g/mol. The van der Waals surface area contributed by atoms with Crippen LogP contribution in [0.2, 0.25) is 0 Å². The van der Waals surface area contributed by atoms with Crippen LogP contribution in [0.4, 0.5) is 0 Å². The molecule has 3 heteroatoms. The highest BCUT2D eigenvalue weighted by atomic mass is 14.9. The molecule has 4 bridgehead atoms. The Kier molecular flexibility index (Phi) is 9.38. The minimum atomic E-state index is 0.773. The van der Waals surface area contributed by atoms with Crippen molar-refractivity contribution < 1.29 is 0 Å². The average molecular weight is 418 g/mol. The van der Waals surface area contributed by atoms with Gasteiger partial charge in [-0.3, -0.25) is 0 Å². The van der Waals surface area contributed by atoms with Crippen LogP contribution in [-0.2, 0) is 0 Å².